The Morgan fingerprint density at radius 2 is 2.10 bits per heavy atom. The summed E-state index contributed by atoms with van der Waals surface area (Å²) in [6, 6.07) is 0.535. The van der Waals surface area contributed by atoms with Crippen molar-refractivity contribution in [2.45, 2.75) is 53.1 Å². The van der Waals surface area contributed by atoms with Crippen LogP contribution in [-0.4, -0.2) is 16.0 Å². The number of fused-ring (bicyclic) bond motifs is 1. The smallest absolute Gasteiger partial charge is 0.259 e. The number of hydrogen-bond acceptors (Lipinski definition) is 4. The van der Waals surface area contributed by atoms with Crippen molar-refractivity contribution in [3.63, 3.8) is 0 Å². The second-order valence-corrected chi connectivity index (χ2v) is 7.58. The number of nitrogens with one attached hydrogen (secondary N) is 2. The fraction of sp³-hybridized carbons (Fsp3) is 0.625. The Bertz CT molecular complexity index is 718. The van der Waals surface area contributed by atoms with Crippen molar-refractivity contribution in [3.8, 4) is 0 Å². The topological polar surface area (TPSA) is 57.8 Å². The van der Waals surface area contributed by atoms with Crippen molar-refractivity contribution in [1.82, 2.24) is 15.3 Å². The summed E-state index contributed by atoms with van der Waals surface area (Å²) in [6.45, 7) is 9.30. The Labute approximate surface area is 129 Å². The lowest BCUT2D eigenvalue weighted by Crippen LogP contribution is -2.33. The molecule has 0 aromatic carbocycles. The zero-order valence-electron chi connectivity index (χ0n) is 13.1. The van der Waals surface area contributed by atoms with Crippen LogP contribution in [0.2, 0.25) is 0 Å². The molecule has 1 aliphatic rings. The van der Waals surface area contributed by atoms with Crippen LogP contribution >= 0.6 is 11.3 Å². The predicted octanol–water partition coefficient (Wildman–Crippen LogP) is 3.13. The minimum atomic E-state index is -0.00788. The molecule has 0 radical (unpaired) electrons. The molecule has 0 aliphatic heterocycles. The van der Waals surface area contributed by atoms with Crippen molar-refractivity contribution in [2.24, 2.45) is 11.8 Å². The number of aromatic amines is 1. The average molecular weight is 305 g/mol. The van der Waals surface area contributed by atoms with E-state index >= 15 is 0 Å². The van der Waals surface area contributed by atoms with Crippen LogP contribution in [0.25, 0.3) is 10.2 Å². The van der Waals surface area contributed by atoms with E-state index in [1.54, 1.807) is 11.3 Å². The molecule has 21 heavy (non-hydrogen) atoms. The van der Waals surface area contributed by atoms with Crippen molar-refractivity contribution < 1.29 is 0 Å². The largest absolute Gasteiger partial charge is 0.309 e. The fourth-order valence-corrected chi connectivity index (χ4v) is 4.31. The molecule has 1 saturated carbocycles. The summed E-state index contributed by atoms with van der Waals surface area (Å²) in [6.07, 6.45) is 2.50. The molecule has 0 bridgehead atoms. The van der Waals surface area contributed by atoms with Gasteiger partial charge in [0.1, 0.15) is 10.7 Å². The van der Waals surface area contributed by atoms with Crippen molar-refractivity contribution >= 4 is 21.6 Å². The van der Waals surface area contributed by atoms with E-state index in [1.165, 1.54) is 17.7 Å². The van der Waals surface area contributed by atoms with Gasteiger partial charge in [-0.1, -0.05) is 13.8 Å². The van der Waals surface area contributed by atoms with Gasteiger partial charge in [0.2, 0.25) is 0 Å². The Morgan fingerprint density at radius 1 is 1.33 bits per heavy atom. The van der Waals surface area contributed by atoms with Crippen LogP contribution in [0.15, 0.2) is 4.79 Å². The van der Waals surface area contributed by atoms with Gasteiger partial charge >= 0.3 is 0 Å². The molecule has 2 N–H and O–H groups in total. The van der Waals surface area contributed by atoms with E-state index in [9.17, 15) is 4.79 Å². The average Bonchev–Trinajstić information content (AvgIpc) is 2.90. The number of hydrogen-bond donors (Lipinski definition) is 2. The highest BCUT2D eigenvalue weighted by atomic mass is 32.1. The first-order chi connectivity index (χ1) is 9.97. The molecule has 1 aliphatic carbocycles. The van der Waals surface area contributed by atoms with Gasteiger partial charge < -0.3 is 10.3 Å². The minimum absolute atomic E-state index is 0.00788. The summed E-state index contributed by atoms with van der Waals surface area (Å²) in [7, 11) is 0. The SMILES string of the molecule is Cc1sc2nc(CNC3CCC(C)C3C)[nH]c(=O)c2c1C. The van der Waals surface area contributed by atoms with Gasteiger partial charge in [0, 0.05) is 10.9 Å². The van der Waals surface area contributed by atoms with Gasteiger partial charge in [-0.15, -0.1) is 11.3 Å². The highest BCUT2D eigenvalue weighted by Crippen LogP contribution is 2.31. The minimum Gasteiger partial charge on any atom is -0.309 e. The van der Waals surface area contributed by atoms with Crippen LogP contribution in [-0.2, 0) is 6.54 Å². The van der Waals surface area contributed by atoms with Gasteiger partial charge in [-0.25, -0.2) is 4.98 Å². The molecule has 5 heteroatoms. The number of aryl methyl sites for hydroxylation is 2. The number of nitrogens with zero attached hydrogens (tertiary/aromatic N) is 1. The zero-order chi connectivity index (χ0) is 15.1. The summed E-state index contributed by atoms with van der Waals surface area (Å²) in [5.41, 5.74) is 1.05. The molecule has 0 amide bonds. The number of thiophene rings is 1. The van der Waals surface area contributed by atoms with Crippen LogP contribution in [0.3, 0.4) is 0 Å². The summed E-state index contributed by atoms with van der Waals surface area (Å²) < 4.78 is 0. The third-order valence-electron chi connectivity index (χ3n) is 5.09. The summed E-state index contributed by atoms with van der Waals surface area (Å²) >= 11 is 1.61. The van der Waals surface area contributed by atoms with Crippen LogP contribution < -0.4 is 10.9 Å². The molecule has 3 unspecified atom stereocenters. The third-order valence-corrected chi connectivity index (χ3v) is 6.19. The van der Waals surface area contributed by atoms with E-state index in [4.69, 9.17) is 0 Å². The van der Waals surface area contributed by atoms with E-state index in [2.05, 4.69) is 29.1 Å². The van der Waals surface area contributed by atoms with Crippen molar-refractivity contribution in [2.75, 3.05) is 0 Å². The van der Waals surface area contributed by atoms with E-state index in [-0.39, 0.29) is 5.56 Å². The van der Waals surface area contributed by atoms with E-state index in [1.807, 2.05) is 13.8 Å². The highest BCUT2D eigenvalue weighted by molar-refractivity contribution is 7.18. The lowest BCUT2D eigenvalue weighted by atomic mass is 9.98. The van der Waals surface area contributed by atoms with Crippen LogP contribution in [0.5, 0.6) is 0 Å². The second-order valence-electron chi connectivity index (χ2n) is 6.38. The molecule has 3 atom stereocenters. The molecule has 4 nitrogen and oxygen atoms in total. The maximum atomic E-state index is 12.2. The van der Waals surface area contributed by atoms with Gasteiger partial charge in [-0.2, -0.15) is 0 Å². The summed E-state index contributed by atoms with van der Waals surface area (Å²) in [5.74, 6) is 2.21. The first-order valence-electron chi connectivity index (χ1n) is 7.69. The molecular weight excluding hydrogens is 282 g/mol. The van der Waals surface area contributed by atoms with E-state index in [0.29, 0.717) is 18.5 Å². The Morgan fingerprint density at radius 3 is 2.76 bits per heavy atom. The Kier molecular flexibility index (Phi) is 3.88. The molecule has 3 rings (SSSR count). The first-order valence-corrected chi connectivity index (χ1v) is 8.51. The maximum absolute atomic E-state index is 12.2. The molecule has 0 saturated heterocycles. The van der Waals surface area contributed by atoms with Gasteiger partial charge in [0.05, 0.1) is 11.9 Å². The Hall–Kier alpha value is -1.20. The lowest BCUT2D eigenvalue weighted by Gasteiger charge is -2.19. The monoisotopic (exact) mass is 305 g/mol. The molecule has 2 heterocycles. The first kappa shape index (κ1) is 14.7. The molecular formula is C16H23N3OS. The van der Waals surface area contributed by atoms with E-state index in [0.717, 1.165) is 27.5 Å². The molecule has 1 fully saturated rings. The molecule has 0 spiro atoms. The third kappa shape index (κ3) is 2.64. The zero-order valence-corrected chi connectivity index (χ0v) is 13.9. The quantitative estimate of drug-likeness (QED) is 0.916. The van der Waals surface area contributed by atoms with Gasteiger partial charge in [0.25, 0.3) is 5.56 Å². The van der Waals surface area contributed by atoms with Gasteiger partial charge in [0.15, 0.2) is 0 Å². The normalized spacial score (nSPS) is 25.8. The van der Waals surface area contributed by atoms with Crippen LogP contribution in [0.4, 0.5) is 0 Å². The molecule has 2 aromatic heterocycles. The number of H-pyrrole nitrogens is 1. The molecule has 114 valence electrons. The Balaban J connectivity index is 1.81. The summed E-state index contributed by atoms with van der Waals surface area (Å²) in [4.78, 5) is 21.8. The fourth-order valence-electron chi connectivity index (χ4n) is 3.26. The molecule has 2 aromatic rings. The van der Waals surface area contributed by atoms with Gasteiger partial charge in [-0.3, -0.25) is 4.79 Å². The summed E-state index contributed by atoms with van der Waals surface area (Å²) in [5, 5.41) is 4.32. The predicted molar refractivity (Wildman–Crippen MR) is 87.9 cm³/mol. The van der Waals surface area contributed by atoms with Crippen LogP contribution in [0, 0.1) is 25.7 Å². The maximum Gasteiger partial charge on any atom is 0.259 e. The second kappa shape index (κ2) is 5.54. The van der Waals surface area contributed by atoms with Crippen molar-refractivity contribution in [3.05, 3.63) is 26.6 Å². The van der Waals surface area contributed by atoms with E-state index < -0.39 is 0 Å². The lowest BCUT2D eigenvalue weighted by molar-refractivity contribution is 0.367. The number of aromatic nitrogens is 2. The van der Waals surface area contributed by atoms with Crippen LogP contribution in [0.1, 0.15) is 43.0 Å². The highest BCUT2D eigenvalue weighted by Gasteiger charge is 2.29. The van der Waals surface area contributed by atoms with Gasteiger partial charge in [-0.05, 0) is 44.1 Å². The van der Waals surface area contributed by atoms with Crippen molar-refractivity contribution in [1.29, 1.82) is 0 Å². The number of rotatable bonds is 3. The standard InChI is InChI=1S/C16H23N3OS/c1-8-5-6-12(9(8)2)17-7-13-18-15(20)14-10(3)11(4)21-16(14)19-13/h8-9,12,17H,5-7H2,1-4H3,(H,18,19,20).